The van der Waals surface area contributed by atoms with Crippen LogP contribution in [0.1, 0.15) is 38.1 Å². The second kappa shape index (κ2) is 10.5. The molecule has 0 saturated heterocycles. The lowest BCUT2D eigenvalue weighted by Gasteiger charge is -2.31. The number of fused-ring (bicyclic) bond motifs is 2. The van der Waals surface area contributed by atoms with Gasteiger partial charge in [-0.1, -0.05) is 6.07 Å². The minimum Gasteiger partial charge on any atom is -0.490 e. The highest BCUT2D eigenvalue weighted by atomic mass is 16.5. The molecule has 11 nitrogen and oxygen atoms in total. The van der Waals surface area contributed by atoms with Crippen molar-refractivity contribution in [2.75, 3.05) is 31.6 Å². The van der Waals surface area contributed by atoms with Crippen LogP contribution in [-0.4, -0.2) is 47.8 Å². The maximum atomic E-state index is 12.8. The number of hydrogen-bond donors (Lipinski definition) is 6. The van der Waals surface area contributed by atoms with Crippen LogP contribution in [0.4, 0.5) is 11.5 Å². The van der Waals surface area contributed by atoms with Crippen molar-refractivity contribution in [2.24, 2.45) is 11.5 Å². The Bertz CT molecular complexity index is 1030. The highest BCUT2D eigenvalue weighted by Gasteiger charge is 2.27. The summed E-state index contributed by atoms with van der Waals surface area (Å²) >= 11 is 0. The van der Waals surface area contributed by atoms with Crippen LogP contribution in [0.15, 0.2) is 29.2 Å². The number of benzene rings is 1. The van der Waals surface area contributed by atoms with E-state index in [-0.39, 0.29) is 17.7 Å². The zero-order chi connectivity index (χ0) is 23.2. The number of aromatic nitrogens is 2. The molecule has 0 spiro atoms. The van der Waals surface area contributed by atoms with Crippen LogP contribution in [-0.2, 0) is 0 Å². The molecule has 0 bridgehead atoms. The van der Waals surface area contributed by atoms with Crippen molar-refractivity contribution >= 4 is 17.5 Å². The number of nitrogens with zero attached hydrogens (tertiary/aromatic N) is 2. The van der Waals surface area contributed by atoms with Gasteiger partial charge in [-0.25, -0.2) is 4.79 Å². The summed E-state index contributed by atoms with van der Waals surface area (Å²) in [6, 6.07) is 6.04. The predicted molar refractivity (Wildman–Crippen MR) is 127 cm³/mol. The third-order valence-electron chi connectivity index (χ3n) is 5.94. The molecule has 1 aromatic carbocycles. The number of anilines is 2. The van der Waals surface area contributed by atoms with E-state index in [0.29, 0.717) is 54.5 Å². The summed E-state index contributed by atoms with van der Waals surface area (Å²) in [5, 5.41) is 16.7. The molecule has 1 aliphatic carbocycles. The monoisotopic (exact) mass is 456 g/mol. The molecule has 0 amide bonds. The summed E-state index contributed by atoms with van der Waals surface area (Å²) in [5.74, 6) is 2.15. The summed E-state index contributed by atoms with van der Waals surface area (Å²) in [5.41, 5.74) is 11.2. The summed E-state index contributed by atoms with van der Waals surface area (Å²) in [7, 11) is 0. The molecule has 1 aliphatic heterocycles. The van der Waals surface area contributed by atoms with Crippen molar-refractivity contribution in [3.8, 4) is 17.2 Å². The molecule has 2 aliphatic rings. The smallest absolute Gasteiger partial charge is 0.350 e. The Kier molecular flexibility index (Phi) is 7.30. The zero-order valence-electron chi connectivity index (χ0n) is 18.6. The average Bonchev–Trinajstić information content (AvgIpc) is 2.81. The fourth-order valence-electron chi connectivity index (χ4n) is 4.30. The summed E-state index contributed by atoms with van der Waals surface area (Å²) in [4.78, 5) is 17.1. The number of nitrogens with one attached hydrogen (secondary N) is 4. The molecule has 11 heteroatoms. The maximum absolute atomic E-state index is 12.8. The Morgan fingerprint density at radius 1 is 1.27 bits per heavy atom. The predicted octanol–water partition coefficient (Wildman–Crippen LogP) is 1.38. The van der Waals surface area contributed by atoms with Crippen molar-refractivity contribution in [1.82, 2.24) is 20.2 Å². The number of rotatable bonds is 9. The van der Waals surface area contributed by atoms with Crippen LogP contribution >= 0.6 is 0 Å². The van der Waals surface area contributed by atoms with Crippen LogP contribution in [0.2, 0.25) is 0 Å². The van der Waals surface area contributed by atoms with Crippen molar-refractivity contribution in [2.45, 2.75) is 44.2 Å². The normalized spacial score (nSPS) is 18.9. The van der Waals surface area contributed by atoms with E-state index in [1.165, 1.54) is 0 Å². The number of guanidine groups is 1. The molecule has 33 heavy (non-hydrogen) atoms. The van der Waals surface area contributed by atoms with Gasteiger partial charge in [0.15, 0.2) is 23.3 Å². The highest BCUT2D eigenvalue weighted by molar-refractivity contribution is 5.77. The minimum atomic E-state index is -0.291. The molecular formula is C22H32N8O3. The van der Waals surface area contributed by atoms with Crippen molar-refractivity contribution in [1.29, 1.82) is 5.41 Å². The third kappa shape index (κ3) is 5.55. The molecule has 1 aromatic heterocycles. The van der Waals surface area contributed by atoms with Crippen molar-refractivity contribution in [3.05, 3.63) is 34.9 Å². The van der Waals surface area contributed by atoms with Gasteiger partial charge in [0.1, 0.15) is 18.0 Å². The van der Waals surface area contributed by atoms with Gasteiger partial charge < -0.3 is 36.9 Å². The van der Waals surface area contributed by atoms with Crippen LogP contribution in [0.3, 0.4) is 0 Å². The second-order valence-corrected chi connectivity index (χ2v) is 8.29. The standard InChI is InChI=1S/C22H32N8O3/c23-9-12-32-16-3-1-4-17-19(16)28-20-18(33-17)13-30(22(31)29-20)15-7-5-14(6-8-15)26-10-2-11-27-21(24)25/h1,3-4,13-15,26H,2,5-12,23H2,(H4,24,25,27)(H,28,29,31)/t14-,15-. The molecule has 0 radical (unpaired) electrons. The lowest BCUT2D eigenvalue weighted by atomic mass is 9.91. The molecule has 2 heterocycles. The van der Waals surface area contributed by atoms with Gasteiger partial charge in [-0.2, -0.15) is 4.98 Å². The third-order valence-corrected chi connectivity index (χ3v) is 5.94. The van der Waals surface area contributed by atoms with E-state index in [9.17, 15) is 4.79 Å². The quantitative estimate of drug-likeness (QED) is 0.158. The Morgan fingerprint density at radius 2 is 2.09 bits per heavy atom. The first kappa shape index (κ1) is 22.9. The fraction of sp³-hybridized carbons (Fsp3) is 0.500. The molecule has 8 N–H and O–H groups in total. The highest BCUT2D eigenvalue weighted by Crippen LogP contribution is 2.45. The van der Waals surface area contributed by atoms with Gasteiger partial charge in [-0.15, -0.1) is 0 Å². The molecule has 1 saturated carbocycles. The molecule has 0 unspecified atom stereocenters. The van der Waals surface area contributed by atoms with Crippen LogP contribution in [0.5, 0.6) is 17.2 Å². The first-order valence-electron chi connectivity index (χ1n) is 11.4. The van der Waals surface area contributed by atoms with Gasteiger partial charge in [0.25, 0.3) is 0 Å². The Labute approximate surface area is 192 Å². The second-order valence-electron chi connectivity index (χ2n) is 8.29. The van der Waals surface area contributed by atoms with Gasteiger partial charge in [0.2, 0.25) is 0 Å². The van der Waals surface area contributed by atoms with E-state index < -0.39 is 0 Å². The first-order valence-corrected chi connectivity index (χ1v) is 11.4. The minimum absolute atomic E-state index is 0.00245. The zero-order valence-corrected chi connectivity index (χ0v) is 18.6. The summed E-state index contributed by atoms with van der Waals surface area (Å²) in [6.45, 7) is 2.34. The van der Waals surface area contributed by atoms with Crippen LogP contribution in [0.25, 0.3) is 0 Å². The molecule has 4 rings (SSSR count). The number of hydrogen-bond acceptors (Lipinski definition) is 8. The van der Waals surface area contributed by atoms with Crippen molar-refractivity contribution < 1.29 is 9.47 Å². The molecular weight excluding hydrogens is 424 g/mol. The summed E-state index contributed by atoms with van der Waals surface area (Å²) < 4.78 is 13.4. The summed E-state index contributed by atoms with van der Waals surface area (Å²) in [6.07, 6.45) is 6.42. The first-order chi connectivity index (χ1) is 16.0. The Balaban J connectivity index is 1.37. The topological polar surface area (TPSA) is 165 Å². The van der Waals surface area contributed by atoms with Gasteiger partial charge in [0.05, 0.1) is 6.20 Å². The number of para-hydroxylation sites is 1. The van der Waals surface area contributed by atoms with Gasteiger partial charge in [-0.05, 0) is 50.8 Å². The Hall–Kier alpha value is -3.31. The number of ether oxygens (including phenoxy) is 2. The van der Waals surface area contributed by atoms with Gasteiger partial charge in [-0.3, -0.25) is 9.98 Å². The van der Waals surface area contributed by atoms with Gasteiger partial charge in [0, 0.05) is 25.2 Å². The fourth-order valence-corrected chi connectivity index (χ4v) is 4.30. The van der Waals surface area contributed by atoms with E-state index in [1.54, 1.807) is 10.8 Å². The van der Waals surface area contributed by atoms with E-state index in [0.717, 1.165) is 38.6 Å². The lowest BCUT2D eigenvalue weighted by molar-refractivity contribution is 0.282. The average molecular weight is 457 g/mol. The maximum Gasteiger partial charge on any atom is 0.350 e. The molecule has 2 aromatic rings. The van der Waals surface area contributed by atoms with E-state index >= 15 is 0 Å². The Morgan fingerprint density at radius 3 is 2.85 bits per heavy atom. The molecule has 1 fully saturated rings. The lowest BCUT2D eigenvalue weighted by Crippen LogP contribution is -2.38. The van der Waals surface area contributed by atoms with Crippen molar-refractivity contribution in [3.63, 3.8) is 0 Å². The van der Waals surface area contributed by atoms with Crippen LogP contribution in [0, 0.1) is 5.41 Å². The molecule has 178 valence electrons. The van der Waals surface area contributed by atoms with Gasteiger partial charge >= 0.3 is 5.69 Å². The number of nitrogens with two attached hydrogens (primary N) is 2. The SMILES string of the molecule is N=C(N)NCCCN[C@H]1CC[C@H](n2cc3c(nc2=O)Nc2c(OCCN)cccc2O3)CC1. The van der Waals surface area contributed by atoms with Crippen LogP contribution < -0.4 is 42.6 Å². The van der Waals surface area contributed by atoms with E-state index in [1.807, 2.05) is 18.2 Å². The molecule has 0 atom stereocenters. The van der Waals surface area contributed by atoms with E-state index in [4.69, 9.17) is 26.4 Å². The largest absolute Gasteiger partial charge is 0.490 e. The van der Waals surface area contributed by atoms with E-state index in [2.05, 4.69) is 20.9 Å².